The molecule has 1 aliphatic heterocycles. The molecule has 2 N–H and O–H groups in total. The van der Waals surface area contributed by atoms with Gasteiger partial charge in [0, 0.05) is 6.04 Å². The highest BCUT2D eigenvalue weighted by molar-refractivity contribution is 5.85. The fourth-order valence-corrected chi connectivity index (χ4v) is 2.82. The summed E-state index contributed by atoms with van der Waals surface area (Å²) in [4.78, 5) is 2.71. The highest BCUT2D eigenvalue weighted by Crippen LogP contribution is 2.27. The van der Waals surface area contributed by atoms with Crippen molar-refractivity contribution in [2.45, 2.75) is 44.6 Å². The molecule has 3 heteroatoms. The summed E-state index contributed by atoms with van der Waals surface area (Å²) in [6.07, 6.45) is 8.50. The van der Waals surface area contributed by atoms with Crippen molar-refractivity contribution < 1.29 is 0 Å². The molecule has 0 unspecified atom stereocenters. The van der Waals surface area contributed by atoms with Crippen LogP contribution in [0.2, 0.25) is 0 Å². The lowest BCUT2D eigenvalue weighted by Gasteiger charge is -2.35. The Bertz CT molecular complexity index is 149. The van der Waals surface area contributed by atoms with Gasteiger partial charge in [-0.05, 0) is 51.2 Å². The zero-order valence-electron chi connectivity index (χ0n) is 8.95. The van der Waals surface area contributed by atoms with Crippen LogP contribution in [0.25, 0.3) is 0 Å². The normalized spacial score (nSPS) is 26.4. The van der Waals surface area contributed by atoms with E-state index in [4.69, 9.17) is 5.73 Å². The molecule has 0 amide bonds. The van der Waals surface area contributed by atoms with Gasteiger partial charge in [-0.25, -0.2) is 0 Å². The number of hydrogen-bond acceptors (Lipinski definition) is 2. The van der Waals surface area contributed by atoms with Crippen LogP contribution in [0, 0.1) is 5.92 Å². The standard InChI is InChI=1S/C11H22N2.ClH/c12-9-10-5-7-13(8-6-10)11-3-1-2-4-11;/h10-11H,1-9,12H2;1H. The van der Waals surface area contributed by atoms with Gasteiger partial charge in [0.25, 0.3) is 0 Å². The number of piperidine rings is 1. The molecule has 1 heterocycles. The van der Waals surface area contributed by atoms with Crippen molar-refractivity contribution in [2.75, 3.05) is 19.6 Å². The number of nitrogens with two attached hydrogens (primary N) is 1. The fraction of sp³-hybridized carbons (Fsp3) is 1.00. The van der Waals surface area contributed by atoms with E-state index in [0.717, 1.165) is 18.5 Å². The maximum absolute atomic E-state index is 5.68. The van der Waals surface area contributed by atoms with Crippen LogP contribution < -0.4 is 5.73 Å². The van der Waals surface area contributed by atoms with E-state index >= 15 is 0 Å². The molecule has 1 aliphatic carbocycles. The average molecular weight is 219 g/mol. The van der Waals surface area contributed by atoms with Gasteiger partial charge in [0.05, 0.1) is 0 Å². The van der Waals surface area contributed by atoms with Gasteiger partial charge in [0.15, 0.2) is 0 Å². The molecule has 1 saturated heterocycles. The van der Waals surface area contributed by atoms with Crippen LogP contribution in [0.15, 0.2) is 0 Å². The molecule has 0 radical (unpaired) electrons. The maximum Gasteiger partial charge on any atom is 0.00952 e. The summed E-state index contributed by atoms with van der Waals surface area (Å²) in [5.74, 6) is 0.817. The molecule has 0 atom stereocenters. The molecule has 0 aromatic heterocycles. The van der Waals surface area contributed by atoms with Gasteiger partial charge in [-0.1, -0.05) is 12.8 Å². The SMILES string of the molecule is Cl.NCC1CCN(C2CCCC2)CC1. The van der Waals surface area contributed by atoms with E-state index in [1.54, 1.807) is 0 Å². The van der Waals surface area contributed by atoms with E-state index in [1.165, 1.54) is 51.6 Å². The monoisotopic (exact) mass is 218 g/mol. The van der Waals surface area contributed by atoms with E-state index in [-0.39, 0.29) is 12.4 Å². The first-order valence-electron chi connectivity index (χ1n) is 5.84. The van der Waals surface area contributed by atoms with Gasteiger partial charge < -0.3 is 10.6 Å². The van der Waals surface area contributed by atoms with Crippen molar-refractivity contribution in [3.05, 3.63) is 0 Å². The summed E-state index contributed by atoms with van der Waals surface area (Å²) < 4.78 is 0. The second kappa shape index (κ2) is 5.94. The Hall–Kier alpha value is 0.210. The number of likely N-dealkylation sites (tertiary alicyclic amines) is 1. The van der Waals surface area contributed by atoms with E-state index in [2.05, 4.69) is 4.90 Å². The van der Waals surface area contributed by atoms with Gasteiger partial charge >= 0.3 is 0 Å². The Morgan fingerprint density at radius 3 is 2.07 bits per heavy atom. The average Bonchev–Trinajstić information content (AvgIpc) is 2.71. The molecule has 2 aliphatic rings. The van der Waals surface area contributed by atoms with Crippen molar-refractivity contribution in [2.24, 2.45) is 11.7 Å². The number of hydrogen-bond donors (Lipinski definition) is 1. The van der Waals surface area contributed by atoms with Crippen LogP contribution in [-0.2, 0) is 0 Å². The van der Waals surface area contributed by atoms with Gasteiger partial charge in [-0.15, -0.1) is 12.4 Å². The Morgan fingerprint density at radius 1 is 1.00 bits per heavy atom. The second-order valence-corrected chi connectivity index (χ2v) is 4.65. The smallest absolute Gasteiger partial charge is 0.00952 e. The lowest BCUT2D eigenvalue weighted by Crippen LogP contribution is -2.41. The molecule has 0 aromatic rings. The largest absolute Gasteiger partial charge is 0.330 e. The van der Waals surface area contributed by atoms with E-state index in [9.17, 15) is 0 Å². The molecular weight excluding hydrogens is 196 g/mol. The minimum absolute atomic E-state index is 0. The first kappa shape index (κ1) is 12.3. The predicted octanol–water partition coefficient (Wildman–Crippen LogP) is 2.02. The Kier molecular flexibility index (Phi) is 5.21. The Labute approximate surface area is 93.6 Å². The first-order chi connectivity index (χ1) is 6.40. The quantitative estimate of drug-likeness (QED) is 0.769. The number of nitrogens with zero attached hydrogens (tertiary/aromatic N) is 1. The Balaban J connectivity index is 0.000000980. The predicted molar refractivity (Wildman–Crippen MR) is 62.9 cm³/mol. The zero-order valence-corrected chi connectivity index (χ0v) is 9.77. The third-order valence-corrected chi connectivity index (χ3v) is 3.82. The molecule has 84 valence electrons. The molecule has 1 saturated carbocycles. The minimum Gasteiger partial charge on any atom is -0.330 e. The summed E-state index contributed by atoms with van der Waals surface area (Å²) >= 11 is 0. The van der Waals surface area contributed by atoms with Gasteiger partial charge in [0.1, 0.15) is 0 Å². The van der Waals surface area contributed by atoms with Crippen LogP contribution in [0.1, 0.15) is 38.5 Å². The van der Waals surface area contributed by atoms with Gasteiger partial charge in [-0.2, -0.15) is 0 Å². The summed E-state index contributed by atoms with van der Waals surface area (Å²) in [5, 5.41) is 0. The van der Waals surface area contributed by atoms with E-state index < -0.39 is 0 Å². The summed E-state index contributed by atoms with van der Waals surface area (Å²) in [6.45, 7) is 3.53. The van der Waals surface area contributed by atoms with Crippen LogP contribution in [0.5, 0.6) is 0 Å². The van der Waals surface area contributed by atoms with Crippen LogP contribution >= 0.6 is 12.4 Å². The van der Waals surface area contributed by atoms with Crippen molar-refractivity contribution in [3.8, 4) is 0 Å². The molecule has 14 heavy (non-hydrogen) atoms. The molecule has 2 fully saturated rings. The van der Waals surface area contributed by atoms with Crippen molar-refractivity contribution in [1.82, 2.24) is 4.90 Å². The third kappa shape index (κ3) is 2.85. The van der Waals surface area contributed by atoms with Gasteiger partial charge in [0.2, 0.25) is 0 Å². The first-order valence-corrected chi connectivity index (χ1v) is 5.84. The van der Waals surface area contributed by atoms with Crippen molar-refractivity contribution in [3.63, 3.8) is 0 Å². The molecule has 0 spiro atoms. The molecular formula is C11H23ClN2. The molecule has 0 aromatic carbocycles. The fourth-order valence-electron chi connectivity index (χ4n) is 2.82. The Morgan fingerprint density at radius 2 is 1.57 bits per heavy atom. The number of halogens is 1. The molecule has 2 rings (SSSR count). The maximum atomic E-state index is 5.68. The third-order valence-electron chi connectivity index (χ3n) is 3.82. The highest BCUT2D eigenvalue weighted by Gasteiger charge is 2.26. The van der Waals surface area contributed by atoms with Gasteiger partial charge in [-0.3, -0.25) is 0 Å². The zero-order chi connectivity index (χ0) is 9.10. The number of rotatable bonds is 2. The lowest BCUT2D eigenvalue weighted by molar-refractivity contribution is 0.136. The topological polar surface area (TPSA) is 29.3 Å². The van der Waals surface area contributed by atoms with Crippen LogP contribution in [0.3, 0.4) is 0 Å². The van der Waals surface area contributed by atoms with Crippen LogP contribution in [0.4, 0.5) is 0 Å². The van der Waals surface area contributed by atoms with E-state index in [0.29, 0.717) is 0 Å². The lowest BCUT2D eigenvalue weighted by atomic mass is 9.96. The highest BCUT2D eigenvalue weighted by atomic mass is 35.5. The summed E-state index contributed by atoms with van der Waals surface area (Å²) in [6, 6.07) is 0.929. The second-order valence-electron chi connectivity index (χ2n) is 4.65. The summed E-state index contributed by atoms with van der Waals surface area (Å²) in [5.41, 5.74) is 5.68. The van der Waals surface area contributed by atoms with Crippen molar-refractivity contribution >= 4 is 12.4 Å². The van der Waals surface area contributed by atoms with E-state index in [1.807, 2.05) is 0 Å². The molecule has 0 bridgehead atoms. The molecule has 2 nitrogen and oxygen atoms in total. The van der Waals surface area contributed by atoms with Crippen LogP contribution in [-0.4, -0.2) is 30.6 Å². The summed E-state index contributed by atoms with van der Waals surface area (Å²) in [7, 11) is 0. The minimum atomic E-state index is 0. The van der Waals surface area contributed by atoms with Crippen molar-refractivity contribution in [1.29, 1.82) is 0 Å².